The van der Waals surface area contributed by atoms with Gasteiger partial charge in [0, 0.05) is 5.02 Å². The molecular formula is C20H20BrClO. The van der Waals surface area contributed by atoms with Crippen molar-refractivity contribution in [3.8, 4) is 5.75 Å². The summed E-state index contributed by atoms with van der Waals surface area (Å²) < 4.78 is 7.10. The second kappa shape index (κ2) is 7.55. The summed E-state index contributed by atoms with van der Waals surface area (Å²) in [4.78, 5) is 0. The van der Waals surface area contributed by atoms with Gasteiger partial charge in [0.25, 0.3) is 0 Å². The summed E-state index contributed by atoms with van der Waals surface area (Å²) in [6.45, 7) is 2.81. The van der Waals surface area contributed by atoms with Gasteiger partial charge in [-0.25, -0.2) is 0 Å². The van der Waals surface area contributed by atoms with E-state index in [0.717, 1.165) is 34.5 Å². The van der Waals surface area contributed by atoms with E-state index in [2.05, 4.69) is 53.2 Å². The van der Waals surface area contributed by atoms with Crippen LogP contribution in [0.3, 0.4) is 0 Å². The molecule has 0 aromatic heterocycles. The molecule has 0 spiro atoms. The van der Waals surface area contributed by atoms with E-state index in [0.29, 0.717) is 6.61 Å². The fourth-order valence-corrected chi connectivity index (χ4v) is 3.68. The predicted octanol–water partition coefficient (Wildman–Crippen LogP) is 6.68. The summed E-state index contributed by atoms with van der Waals surface area (Å²) in [7, 11) is 0. The van der Waals surface area contributed by atoms with Crippen LogP contribution in [0, 0.1) is 0 Å². The number of allylic oxidation sites excluding steroid dienone is 1. The van der Waals surface area contributed by atoms with Crippen LogP contribution in [0.4, 0.5) is 0 Å². The molecule has 0 atom stereocenters. The molecule has 0 aliphatic heterocycles. The van der Waals surface area contributed by atoms with Crippen LogP contribution in [0.2, 0.25) is 5.02 Å². The average molecular weight is 392 g/mol. The van der Waals surface area contributed by atoms with Gasteiger partial charge in [0.2, 0.25) is 0 Å². The van der Waals surface area contributed by atoms with E-state index in [9.17, 15) is 0 Å². The highest BCUT2D eigenvalue weighted by molar-refractivity contribution is 9.10. The van der Waals surface area contributed by atoms with Crippen molar-refractivity contribution in [1.82, 2.24) is 0 Å². The van der Waals surface area contributed by atoms with Gasteiger partial charge in [0.05, 0.1) is 4.47 Å². The van der Waals surface area contributed by atoms with Crippen molar-refractivity contribution >= 4 is 33.1 Å². The first-order valence-corrected chi connectivity index (χ1v) is 9.22. The van der Waals surface area contributed by atoms with Crippen molar-refractivity contribution in [2.75, 3.05) is 6.61 Å². The Hall–Kier alpha value is -1.25. The van der Waals surface area contributed by atoms with Gasteiger partial charge in [-0.3, -0.25) is 0 Å². The van der Waals surface area contributed by atoms with Gasteiger partial charge in [0.15, 0.2) is 0 Å². The number of halogens is 2. The number of benzene rings is 2. The lowest BCUT2D eigenvalue weighted by Gasteiger charge is -2.12. The molecule has 23 heavy (non-hydrogen) atoms. The molecule has 0 unspecified atom stereocenters. The molecule has 0 saturated carbocycles. The first-order chi connectivity index (χ1) is 11.2. The van der Waals surface area contributed by atoms with Crippen LogP contribution in [0.25, 0.3) is 5.57 Å². The van der Waals surface area contributed by atoms with Gasteiger partial charge >= 0.3 is 0 Å². The van der Waals surface area contributed by atoms with E-state index < -0.39 is 0 Å². The Morgan fingerprint density at radius 1 is 1.09 bits per heavy atom. The molecule has 120 valence electrons. The van der Waals surface area contributed by atoms with E-state index in [1.807, 2.05) is 12.1 Å². The Bertz CT molecular complexity index is 719. The molecule has 1 nitrogen and oxygen atoms in total. The van der Waals surface area contributed by atoms with Crippen molar-refractivity contribution in [2.45, 2.75) is 32.6 Å². The summed E-state index contributed by atoms with van der Waals surface area (Å²) in [6.07, 6.45) is 4.47. The van der Waals surface area contributed by atoms with Gasteiger partial charge in [-0.1, -0.05) is 36.7 Å². The Morgan fingerprint density at radius 2 is 1.87 bits per heavy atom. The standard InChI is InChI=1S/C20H20BrClO/c1-2-14-6-11-20(19(21)12-14)23-13-16-4-3-5-18(16)15-7-9-17(22)10-8-15/h6-12H,2-5,13H2,1H3. The van der Waals surface area contributed by atoms with Crippen LogP contribution >= 0.6 is 27.5 Å². The van der Waals surface area contributed by atoms with Crippen molar-refractivity contribution < 1.29 is 4.74 Å². The van der Waals surface area contributed by atoms with Crippen molar-refractivity contribution in [2.24, 2.45) is 0 Å². The van der Waals surface area contributed by atoms with Gasteiger partial charge in [-0.05, 0) is 88.2 Å². The van der Waals surface area contributed by atoms with Crippen molar-refractivity contribution in [3.63, 3.8) is 0 Å². The highest BCUT2D eigenvalue weighted by Gasteiger charge is 2.17. The lowest BCUT2D eigenvalue weighted by molar-refractivity contribution is 0.347. The van der Waals surface area contributed by atoms with E-state index in [1.54, 1.807) is 0 Å². The SMILES string of the molecule is CCc1ccc(OCC2=C(c3ccc(Cl)cc3)CCC2)c(Br)c1. The minimum Gasteiger partial charge on any atom is -0.488 e. The van der Waals surface area contributed by atoms with E-state index in [4.69, 9.17) is 16.3 Å². The zero-order valence-corrected chi connectivity index (χ0v) is 15.6. The second-order valence-electron chi connectivity index (χ2n) is 5.85. The quantitative estimate of drug-likeness (QED) is 0.552. The maximum Gasteiger partial charge on any atom is 0.133 e. The molecule has 1 aliphatic rings. The van der Waals surface area contributed by atoms with Crippen LogP contribution < -0.4 is 4.74 Å². The first-order valence-electron chi connectivity index (χ1n) is 8.05. The molecule has 0 saturated heterocycles. The zero-order chi connectivity index (χ0) is 16.2. The summed E-state index contributed by atoms with van der Waals surface area (Å²) in [6, 6.07) is 14.5. The predicted molar refractivity (Wildman–Crippen MR) is 101 cm³/mol. The Labute approximate surface area is 151 Å². The molecule has 0 fully saturated rings. The molecule has 2 aromatic carbocycles. The minimum absolute atomic E-state index is 0.655. The number of ether oxygens (including phenoxy) is 1. The van der Waals surface area contributed by atoms with Crippen LogP contribution in [0.15, 0.2) is 52.5 Å². The van der Waals surface area contributed by atoms with Crippen LogP contribution in [0.1, 0.15) is 37.3 Å². The second-order valence-corrected chi connectivity index (χ2v) is 7.14. The Kier molecular flexibility index (Phi) is 5.45. The molecule has 0 radical (unpaired) electrons. The maximum atomic E-state index is 6.06. The van der Waals surface area contributed by atoms with Gasteiger partial charge in [-0.15, -0.1) is 0 Å². The number of rotatable bonds is 5. The molecule has 0 heterocycles. The lowest BCUT2D eigenvalue weighted by atomic mass is 10.0. The highest BCUT2D eigenvalue weighted by atomic mass is 79.9. The smallest absolute Gasteiger partial charge is 0.133 e. The van der Waals surface area contributed by atoms with E-state index in [1.165, 1.54) is 28.7 Å². The molecule has 3 heteroatoms. The van der Waals surface area contributed by atoms with Crippen LogP contribution in [0.5, 0.6) is 5.75 Å². The van der Waals surface area contributed by atoms with Gasteiger partial charge in [0.1, 0.15) is 12.4 Å². The molecule has 0 bridgehead atoms. The third kappa shape index (κ3) is 3.99. The van der Waals surface area contributed by atoms with Gasteiger partial charge in [-0.2, -0.15) is 0 Å². The van der Waals surface area contributed by atoms with Crippen molar-refractivity contribution in [3.05, 3.63) is 68.7 Å². The maximum absolute atomic E-state index is 6.06. The molecule has 0 amide bonds. The van der Waals surface area contributed by atoms with Crippen LogP contribution in [-0.4, -0.2) is 6.61 Å². The molecule has 3 rings (SSSR count). The number of aryl methyl sites for hydroxylation is 1. The number of hydrogen-bond acceptors (Lipinski definition) is 1. The van der Waals surface area contributed by atoms with E-state index in [-0.39, 0.29) is 0 Å². The molecule has 2 aromatic rings. The number of hydrogen-bond donors (Lipinski definition) is 0. The average Bonchev–Trinajstić information content (AvgIpc) is 3.03. The first kappa shape index (κ1) is 16.6. The largest absolute Gasteiger partial charge is 0.488 e. The molecule has 1 aliphatic carbocycles. The summed E-state index contributed by atoms with van der Waals surface area (Å²) in [5.74, 6) is 0.914. The van der Waals surface area contributed by atoms with Gasteiger partial charge < -0.3 is 4.74 Å². The third-order valence-corrected chi connectivity index (χ3v) is 5.20. The molecule has 0 N–H and O–H groups in total. The lowest BCUT2D eigenvalue weighted by Crippen LogP contribution is -2.02. The fourth-order valence-electron chi connectivity index (χ4n) is 3.01. The summed E-state index contributed by atoms with van der Waals surface area (Å²) in [5, 5.41) is 0.782. The normalized spacial score (nSPS) is 14.4. The Morgan fingerprint density at radius 3 is 2.57 bits per heavy atom. The van der Waals surface area contributed by atoms with Crippen molar-refractivity contribution in [1.29, 1.82) is 0 Å². The molecular weight excluding hydrogens is 372 g/mol. The monoisotopic (exact) mass is 390 g/mol. The third-order valence-electron chi connectivity index (χ3n) is 4.33. The Balaban J connectivity index is 1.76. The summed E-state index contributed by atoms with van der Waals surface area (Å²) >= 11 is 9.60. The fraction of sp³-hybridized carbons (Fsp3) is 0.300. The summed E-state index contributed by atoms with van der Waals surface area (Å²) in [5.41, 5.74) is 5.40. The topological polar surface area (TPSA) is 9.23 Å². The zero-order valence-electron chi connectivity index (χ0n) is 13.2. The van der Waals surface area contributed by atoms with Crippen LogP contribution in [-0.2, 0) is 6.42 Å². The highest BCUT2D eigenvalue weighted by Crippen LogP contribution is 2.35. The minimum atomic E-state index is 0.655. The van der Waals surface area contributed by atoms with E-state index >= 15 is 0 Å².